The predicted molar refractivity (Wildman–Crippen MR) is 53.9 cm³/mol. The van der Waals surface area contributed by atoms with E-state index < -0.39 is 5.97 Å². The summed E-state index contributed by atoms with van der Waals surface area (Å²) in [4.78, 5) is 21.8. The van der Waals surface area contributed by atoms with Crippen molar-refractivity contribution in [2.75, 3.05) is 6.54 Å². The fourth-order valence-corrected chi connectivity index (χ4v) is 1.00. The van der Waals surface area contributed by atoms with Crippen LogP contribution in [0.3, 0.4) is 0 Å². The Hall–Kier alpha value is -1.32. The van der Waals surface area contributed by atoms with Crippen molar-refractivity contribution < 1.29 is 14.7 Å². The molecule has 0 aliphatic heterocycles. The second-order valence-corrected chi connectivity index (χ2v) is 2.95. The third-order valence-corrected chi connectivity index (χ3v) is 1.65. The van der Waals surface area contributed by atoms with E-state index in [9.17, 15) is 9.59 Å². The number of carbonyl (C=O) groups excluding carboxylic acids is 1. The third kappa shape index (κ3) is 5.35. The molecule has 1 amide bonds. The van der Waals surface area contributed by atoms with Gasteiger partial charge in [-0.3, -0.25) is 9.59 Å². The van der Waals surface area contributed by atoms with Gasteiger partial charge >= 0.3 is 5.97 Å². The summed E-state index contributed by atoms with van der Waals surface area (Å²) in [6.45, 7) is 4.30. The van der Waals surface area contributed by atoms with Gasteiger partial charge in [-0.05, 0) is 13.3 Å². The molecule has 14 heavy (non-hydrogen) atoms. The molecule has 0 aromatic heterocycles. The van der Waals surface area contributed by atoms with Gasteiger partial charge in [-0.1, -0.05) is 19.4 Å². The number of likely N-dealkylation sites (N-methyl/N-ethyl adjacent to an activating group) is 1. The number of carbonyl (C=O) groups is 2. The Morgan fingerprint density at radius 3 is 2.43 bits per heavy atom. The van der Waals surface area contributed by atoms with Crippen LogP contribution in [0.5, 0.6) is 0 Å². The van der Waals surface area contributed by atoms with Gasteiger partial charge in [0.2, 0.25) is 5.91 Å². The normalized spacial score (nSPS) is 11.1. The van der Waals surface area contributed by atoms with Gasteiger partial charge in [-0.25, -0.2) is 0 Å². The molecular formula is C10H17NO3. The molecule has 0 rings (SSSR count). The molecule has 0 spiro atoms. The quantitative estimate of drug-likeness (QED) is 0.634. The van der Waals surface area contributed by atoms with Crippen LogP contribution in [0.4, 0.5) is 0 Å². The Kier molecular flexibility index (Phi) is 6.45. The number of unbranched alkanes of at least 4 members (excludes halogenated alkanes) is 1. The summed E-state index contributed by atoms with van der Waals surface area (Å²) in [6, 6.07) is 0. The topological polar surface area (TPSA) is 66.4 Å². The van der Waals surface area contributed by atoms with Gasteiger partial charge in [0, 0.05) is 12.1 Å². The van der Waals surface area contributed by atoms with Crippen LogP contribution in [0.15, 0.2) is 11.6 Å². The van der Waals surface area contributed by atoms with Gasteiger partial charge in [-0.15, -0.1) is 0 Å². The summed E-state index contributed by atoms with van der Waals surface area (Å²) in [5, 5.41) is 11.2. The highest BCUT2D eigenvalue weighted by Gasteiger charge is 2.11. The SMILES string of the molecule is CCCC=C(CC(=O)O)C(=O)NCC. The molecule has 0 bridgehead atoms. The molecule has 0 aromatic carbocycles. The van der Waals surface area contributed by atoms with E-state index in [1.54, 1.807) is 13.0 Å². The zero-order valence-electron chi connectivity index (χ0n) is 8.67. The van der Waals surface area contributed by atoms with Crippen molar-refractivity contribution in [2.24, 2.45) is 0 Å². The molecule has 0 unspecified atom stereocenters. The van der Waals surface area contributed by atoms with Crippen LogP contribution in [0.25, 0.3) is 0 Å². The van der Waals surface area contributed by atoms with E-state index in [0.29, 0.717) is 12.1 Å². The fraction of sp³-hybridized carbons (Fsp3) is 0.600. The third-order valence-electron chi connectivity index (χ3n) is 1.65. The second kappa shape index (κ2) is 7.12. The van der Waals surface area contributed by atoms with Gasteiger partial charge in [-0.2, -0.15) is 0 Å². The van der Waals surface area contributed by atoms with Crippen molar-refractivity contribution >= 4 is 11.9 Å². The largest absolute Gasteiger partial charge is 0.481 e. The van der Waals surface area contributed by atoms with E-state index >= 15 is 0 Å². The Morgan fingerprint density at radius 1 is 1.36 bits per heavy atom. The Bertz CT molecular complexity index is 234. The van der Waals surface area contributed by atoms with E-state index in [0.717, 1.165) is 12.8 Å². The summed E-state index contributed by atoms with van der Waals surface area (Å²) < 4.78 is 0. The summed E-state index contributed by atoms with van der Waals surface area (Å²) in [6.07, 6.45) is 3.13. The number of carboxylic acid groups (broad SMARTS) is 1. The number of rotatable bonds is 6. The number of amides is 1. The van der Waals surface area contributed by atoms with Crippen LogP contribution in [0, 0.1) is 0 Å². The average molecular weight is 199 g/mol. The first-order valence-corrected chi connectivity index (χ1v) is 4.80. The van der Waals surface area contributed by atoms with Crippen molar-refractivity contribution in [1.29, 1.82) is 0 Å². The van der Waals surface area contributed by atoms with Crippen molar-refractivity contribution in [3.05, 3.63) is 11.6 Å². The molecule has 0 saturated carbocycles. The summed E-state index contributed by atoms with van der Waals surface area (Å²) >= 11 is 0. The maximum absolute atomic E-state index is 11.3. The highest BCUT2D eigenvalue weighted by Crippen LogP contribution is 2.04. The van der Waals surface area contributed by atoms with E-state index in [4.69, 9.17) is 5.11 Å². The molecule has 2 N–H and O–H groups in total. The van der Waals surface area contributed by atoms with Gasteiger partial charge < -0.3 is 10.4 Å². The van der Waals surface area contributed by atoms with Crippen molar-refractivity contribution in [2.45, 2.75) is 33.1 Å². The van der Waals surface area contributed by atoms with Gasteiger partial charge in [0.1, 0.15) is 0 Å². The summed E-state index contributed by atoms with van der Waals surface area (Å²) in [5.74, 6) is -1.25. The highest BCUT2D eigenvalue weighted by molar-refractivity contribution is 5.97. The van der Waals surface area contributed by atoms with Crippen LogP contribution >= 0.6 is 0 Å². The number of hydrogen-bond acceptors (Lipinski definition) is 2. The Labute approximate surface area is 84.0 Å². The molecule has 0 fully saturated rings. The zero-order valence-corrected chi connectivity index (χ0v) is 8.67. The van der Waals surface area contributed by atoms with Crippen molar-refractivity contribution in [3.63, 3.8) is 0 Å². The number of carboxylic acids is 1. The van der Waals surface area contributed by atoms with Crippen LogP contribution in [-0.2, 0) is 9.59 Å². The van der Waals surface area contributed by atoms with E-state index in [1.807, 2.05) is 6.92 Å². The van der Waals surface area contributed by atoms with Gasteiger partial charge in [0.25, 0.3) is 0 Å². The number of nitrogens with one attached hydrogen (secondary N) is 1. The molecule has 80 valence electrons. The first-order chi connectivity index (χ1) is 6.61. The maximum atomic E-state index is 11.3. The molecule has 0 radical (unpaired) electrons. The average Bonchev–Trinajstić information content (AvgIpc) is 2.12. The fourth-order valence-electron chi connectivity index (χ4n) is 1.00. The maximum Gasteiger partial charge on any atom is 0.308 e. The Balaban J connectivity index is 4.37. The molecular weight excluding hydrogens is 182 g/mol. The first kappa shape index (κ1) is 12.7. The predicted octanol–water partition coefficient (Wildman–Crippen LogP) is 1.32. The molecule has 0 aliphatic carbocycles. The number of hydrogen-bond donors (Lipinski definition) is 2. The van der Waals surface area contributed by atoms with E-state index in [1.165, 1.54) is 0 Å². The smallest absolute Gasteiger partial charge is 0.308 e. The Morgan fingerprint density at radius 2 is 2.00 bits per heavy atom. The first-order valence-electron chi connectivity index (χ1n) is 4.80. The van der Waals surface area contributed by atoms with Crippen LogP contribution in [-0.4, -0.2) is 23.5 Å². The molecule has 4 nitrogen and oxygen atoms in total. The lowest BCUT2D eigenvalue weighted by atomic mass is 10.1. The van der Waals surface area contributed by atoms with Crippen LogP contribution < -0.4 is 5.32 Å². The summed E-state index contributed by atoms with van der Waals surface area (Å²) in [7, 11) is 0. The molecule has 0 heterocycles. The lowest BCUT2D eigenvalue weighted by Crippen LogP contribution is -2.25. The number of allylic oxidation sites excluding steroid dienone is 1. The van der Waals surface area contributed by atoms with Crippen LogP contribution in [0.1, 0.15) is 33.1 Å². The minimum Gasteiger partial charge on any atom is -0.481 e. The van der Waals surface area contributed by atoms with Crippen molar-refractivity contribution in [1.82, 2.24) is 5.32 Å². The summed E-state index contributed by atoms with van der Waals surface area (Å²) in [5.41, 5.74) is 0.348. The molecule has 0 aliphatic rings. The van der Waals surface area contributed by atoms with E-state index in [-0.39, 0.29) is 12.3 Å². The molecule has 0 aromatic rings. The van der Waals surface area contributed by atoms with Gasteiger partial charge in [0.15, 0.2) is 0 Å². The highest BCUT2D eigenvalue weighted by atomic mass is 16.4. The monoisotopic (exact) mass is 199 g/mol. The zero-order chi connectivity index (χ0) is 11.0. The van der Waals surface area contributed by atoms with Crippen molar-refractivity contribution in [3.8, 4) is 0 Å². The minimum atomic E-state index is -0.974. The lowest BCUT2D eigenvalue weighted by molar-refractivity contribution is -0.137. The standard InChI is InChI=1S/C10H17NO3/c1-3-5-6-8(7-9(12)13)10(14)11-4-2/h6H,3-5,7H2,1-2H3,(H,11,14)(H,12,13). The van der Waals surface area contributed by atoms with Crippen LogP contribution in [0.2, 0.25) is 0 Å². The van der Waals surface area contributed by atoms with Gasteiger partial charge in [0.05, 0.1) is 6.42 Å². The molecule has 4 heteroatoms. The number of aliphatic carboxylic acids is 1. The molecule has 0 atom stereocenters. The minimum absolute atomic E-state index is 0.203. The lowest BCUT2D eigenvalue weighted by Gasteiger charge is -2.04. The second-order valence-electron chi connectivity index (χ2n) is 2.95. The molecule has 0 saturated heterocycles. The van der Waals surface area contributed by atoms with E-state index in [2.05, 4.69) is 5.32 Å².